The molecule has 23 heavy (non-hydrogen) atoms. The van der Waals surface area contributed by atoms with Crippen molar-refractivity contribution in [2.24, 2.45) is 0 Å². The minimum Gasteiger partial charge on any atom is -0.304 e. The second-order valence-corrected chi connectivity index (χ2v) is 5.88. The highest BCUT2D eigenvalue weighted by Gasteiger charge is 2.36. The van der Waals surface area contributed by atoms with Crippen molar-refractivity contribution in [2.75, 3.05) is 33.2 Å². The summed E-state index contributed by atoms with van der Waals surface area (Å²) in [5, 5.41) is 2.52. The molecule has 0 amide bonds. The Morgan fingerprint density at radius 2 is 1.87 bits per heavy atom. The van der Waals surface area contributed by atoms with Crippen LogP contribution in [0.3, 0.4) is 0 Å². The van der Waals surface area contributed by atoms with Crippen LogP contribution >= 0.6 is 0 Å². The van der Waals surface area contributed by atoms with E-state index in [0.29, 0.717) is 5.69 Å². The predicted molar refractivity (Wildman–Crippen MR) is 83.7 cm³/mol. The number of aromatic nitrogens is 2. The second kappa shape index (κ2) is 6.47. The molecule has 0 spiro atoms. The van der Waals surface area contributed by atoms with E-state index in [1.807, 2.05) is 37.3 Å². The number of para-hydroxylation sites is 1. The number of aromatic amines is 1. The quantitative estimate of drug-likeness (QED) is 0.638. The Labute approximate surface area is 134 Å². The molecule has 1 atom stereocenters. The number of benzene rings is 1. The van der Waals surface area contributed by atoms with Crippen LogP contribution in [0.5, 0.6) is 0 Å². The average Bonchev–Trinajstić information content (AvgIpc) is 2.96. The summed E-state index contributed by atoms with van der Waals surface area (Å²) in [7, 11) is 2.06. The number of rotatable bonds is 4. The number of nitrogens with zero attached hydrogens (tertiary/aromatic N) is 3. The summed E-state index contributed by atoms with van der Waals surface area (Å²) in [5.74, 6) is -0.228. The van der Waals surface area contributed by atoms with Crippen LogP contribution in [0.25, 0.3) is 5.69 Å². The van der Waals surface area contributed by atoms with E-state index in [4.69, 9.17) is 4.52 Å². The Bertz CT molecular complexity index is 729. The van der Waals surface area contributed by atoms with Gasteiger partial charge >= 0.3 is 11.3 Å². The molecule has 1 saturated heterocycles. The van der Waals surface area contributed by atoms with Gasteiger partial charge in [-0.05, 0) is 23.9 Å². The number of carbonyl (C=O) groups excluding carboxylic acids is 1. The molecule has 2 aromatic rings. The summed E-state index contributed by atoms with van der Waals surface area (Å²) in [4.78, 5) is 29.2. The van der Waals surface area contributed by atoms with Crippen molar-refractivity contribution in [2.45, 2.75) is 13.0 Å². The molecule has 7 nitrogen and oxygen atoms in total. The third-order valence-corrected chi connectivity index (χ3v) is 4.36. The smallest absolute Gasteiger partial charge is 0.304 e. The number of likely N-dealkylation sites (N-methyl/N-ethyl adjacent to an activating group) is 1. The van der Waals surface area contributed by atoms with Gasteiger partial charge in [-0.2, -0.15) is 0 Å². The van der Waals surface area contributed by atoms with E-state index in [-0.39, 0.29) is 17.5 Å². The lowest BCUT2D eigenvalue weighted by Crippen LogP contribution is -2.53. The Balaban J connectivity index is 1.88. The highest BCUT2D eigenvalue weighted by Crippen LogP contribution is 2.09. The number of nitrogens with one attached hydrogen (secondary N) is 1. The molecule has 0 saturated carbocycles. The molecule has 0 bridgehead atoms. The zero-order valence-corrected chi connectivity index (χ0v) is 13.4. The summed E-state index contributed by atoms with van der Waals surface area (Å²) in [6.07, 6.45) is 0. The molecule has 1 fully saturated rings. The van der Waals surface area contributed by atoms with Crippen LogP contribution in [0.15, 0.2) is 39.6 Å². The first kappa shape index (κ1) is 15.6. The van der Waals surface area contributed by atoms with Crippen LogP contribution in [-0.4, -0.2) is 60.1 Å². The normalized spacial score (nSPS) is 18.0. The monoisotopic (exact) mass is 317 g/mol. The summed E-state index contributed by atoms with van der Waals surface area (Å²) >= 11 is 0. The number of ketones is 1. The van der Waals surface area contributed by atoms with Crippen LogP contribution < -0.4 is 10.3 Å². The van der Waals surface area contributed by atoms with Gasteiger partial charge in [-0.15, -0.1) is 0 Å². The minimum atomic E-state index is -0.639. The predicted octanol–water partition coefficient (Wildman–Crippen LogP) is 0.0632. The first-order valence-corrected chi connectivity index (χ1v) is 7.73. The van der Waals surface area contributed by atoms with E-state index < -0.39 is 5.63 Å². The first-order valence-electron chi connectivity index (χ1n) is 7.73. The lowest BCUT2D eigenvalue weighted by molar-refractivity contribution is -0.672. The molecule has 1 aliphatic rings. The van der Waals surface area contributed by atoms with Crippen LogP contribution in [-0.2, 0) is 0 Å². The summed E-state index contributed by atoms with van der Waals surface area (Å²) in [6.45, 7) is 5.29. The molecule has 1 N–H and O–H groups in total. The van der Waals surface area contributed by atoms with Crippen LogP contribution in [0.4, 0.5) is 0 Å². The van der Waals surface area contributed by atoms with Crippen molar-refractivity contribution in [3.8, 4) is 5.69 Å². The van der Waals surface area contributed by atoms with Crippen molar-refractivity contribution < 1.29 is 14.0 Å². The minimum absolute atomic E-state index is 0.0302. The SMILES string of the molecule is CC(C(=O)c1c(=O)o[nH][n+]1-c1ccccc1)N1CCN(C)CC1. The van der Waals surface area contributed by atoms with E-state index in [0.717, 1.165) is 26.2 Å². The van der Waals surface area contributed by atoms with Gasteiger partial charge in [0.05, 0.1) is 6.04 Å². The van der Waals surface area contributed by atoms with Gasteiger partial charge in [0.15, 0.2) is 0 Å². The zero-order chi connectivity index (χ0) is 16.4. The fraction of sp³-hybridized carbons (Fsp3) is 0.438. The average molecular weight is 317 g/mol. The third kappa shape index (κ3) is 3.11. The molecule has 1 unspecified atom stereocenters. The standard InChI is InChI=1S/C16H20N4O3/c1-12(19-10-8-18(2)9-11-19)15(21)14-16(22)23-17-20(14)13-6-4-3-5-7-13/h3-7,12H,8-11H2,1-2H3/p+1. The highest BCUT2D eigenvalue weighted by atomic mass is 16.5. The maximum atomic E-state index is 12.8. The van der Waals surface area contributed by atoms with Crippen LogP contribution in [0, 0.1) is 0 Å². The molecule has 122 valence electrons. The lowest BCUT2D eigenvalue weighted by Gasteiger charge is -2.35. The van der Waals surface area contributed by atoms with Gasteiger partial charge in [-0.1, -0.05) is 18.2 Å². The summed E-state index contributed by atoms with van der Waals surface area (Å²) in [6, 6.07) is 8.80. The van der Waals surface area contributed by atoms with Crippen molar-refractivity contribution in [1.29, 1.82) is 0 Å². The van der Waals surface area contributed by atoms with Gasteiger partial charge in [0.1, 0.15) is 0 Å². The molecule has 1 aliphatic heterocycles. The van der Waals surface area contributed by atoms with Gasteiger partial charge in [-0.3, -0.25) is 14.2 Å². The molecular weight excluding hydrogens is 296 g/mol. The van der Waals surface area contributed by atoms with E-state index >= 15 is 0 Å². The van der Waals surface area contributed by atoms with Crippen LogP contribution in [0.2, 0.25) is 0 Å². The Morgan fingerprint density at radius 1 is 1.22 bits per heavy atom. The molecule has 1 aromatic carbocycles. The van der Waals surface area contributed by atoms with Crippen LogP contribution in [0.1, 0.15) is 17.4 Å². The third-order valence-electron chi connectivity index (χ3n) is 4.36. The van der Waals surface area contributed by atoms with Gasteiger partial charge < -0.3 is 4.90 Å². The Morgan fingerprint density at radius 3 is 2.52 bits per heavy atom. The lowest BCUT2D eigenvalue weighted by atomic mass is 10.1. The molecule has 0 radical (unpaired) electrons. The first-order chi connectivity index (χ1) is 11.1. The number of hydrogen-bond donors (Lipinski definition) is 1. The largest absolute Gasteiger partial charge is 0.438 e. The van der Waals surface area contributed by atoms with Gasteiger partial charge in [0.25, 0.3) is 5.78 Å². The molecule has 0 aliphatic carbocycles. The van der Waals surface area contributed by atoms with E-state index in [1.54, 1.807) is 0 Å². The van der Waals surface area contributed by atoms with E-state index in [1.165, 1.54) is 4.68 Å². The molecule has 7 heteroatoms. The highest BCUT2D eigenvalue weighted by molar-refractivity contribution is 5.96. The summed E-state index contributed by atoms with van der Waals surface area (Å²) < 4.78 is 6.27. The maximum absolute atomic E-state index is 12.8. The van der Waals surface area contributed by atoms with Crippen molar-refractivity contribution in [1.82, 2.24) is 15.1 Å². The number of piperazine rings is 1. The Hall–Kier alpha value is -2.25. The molecule has 3 rings (SSSR count). The fourth-order valence-corrected chi connectivity index (χ4v) is 2.81. The summed E-state index contributed by atoms with van der Waals surface area (Å²) in [5.41, 5.74) is 0.0785. The molecule has 1 aromatic heterocycles. The second-order valence-electron chi connectivity index (χ2n) is 5.88. The van der Waals surface area contributed by atoms with Gasteiger partial charge in [0.2, 0.25) is 5.69 Å². The number of Topliss-reactive ketones (excluding diaryl/α,β-unsaturated/α-hetero) is 1. The van der Waals surface area contributed by atoms with Crippen molar-refractivity contribution in [3.05, 3.63) is 46.4 Å². The van der Waals surface area contributed by atoms with Crippen molar-refractivity contribution in [3.63, 3.8) is 0 Å². The number of hydrogen-bond acceptors (Lipinski definition) is 5. The molecule has 2 heterocycles. The fourth-order valence-electron chi connectivity index (χ4n) is 2.81. The molecular formula is C16H21N4O3+. The Kier molecular flexibility index (Phi) is 4.40. The van der Waals surface area contributed by atoms with E-state index in [2.05, 4.69) is 22.1 Å². The number of H-pyrrole nitrogens is 1. The van der Waals surface area contributed by atoms with Crippen molar-refractivity contribution >= 4 is 5.78 Å². The topological polar surface area (TPSA) is 73.4 Å². The zero-order valence-electron chi connectivity index (χ0n) is 13.4. The van der Waals surface area contributed by atoms with Gasteiger partial charge in [-0.25, -0.2) is 4.79 Å². The number of carbonyl (C=O) groups is 1. The van der Waals surface area contributed by atoms with E-state index in [9.17, 15) is 9.59 Å². The maximum Gasteiger partial charge on any atom is 0.438 e. The van der Waals surface area contributed by atoms with Gasteiger partial charge in [0, 0.05) is 38.3 Å².